The lowest BCUT2D eigenvalue weighted by Crippen LogP contribution is -2.52. The van der Waals surface area contributed by atoms with Crippen molar-refractivity contribution < 1.29 is 27.1 Å². The van der Waals surface area contributed by atoms with Gasteiger partial charge in [0, 0.05) is 7.05 Å². The summed E-state index contributed by atoms with van der Waals surface area (Å²) in [4.78, 5) is 50.1. The number of rotatable bonds is 5. The Morgan fingerprint density at radius 3 is 2.32 bits per heavy atom. The van der Waals surface area contributed by atoms with Gasteiger partial charge in [-0.3, -0.25) is 23.5 Å². The van der Waals surface area contributed by atoms with Crippen molar-refractivity contribution >= 4 is 27.5 Å². The Hall–Kier alpha value is -4.06. The summed E-state index contributed by atoms with van der Waals surface area (Å²) < 4.78 is 46.1. The van der Waals surface area contributed by atoms with Crippen LogP contribution in [0.3, 0.4) is 0 Å². The molecule has 12 heteroatoms. The number of nitrogens with one attached hydrogen (secondary N) is 1. The fraction of sp³-hybridized carbons (Fsp3) is 0.182. The maximum absolute atomic E-state index is 13.3. The number of sulfone groups is 1. The summed E-state index contributed by atoms with van der Waals surface area (Å²) in [5.74, 6) is -3.70. The number of aromatic nitrogens is 2. The molecule has 0 fully saturated rings. The molecular weight excluding hydrogens is 469 g/mol. The minimum absolute atomic E-state index is 0.219. The van der Waals surface area contributed by atoms with E-state index < -0.39 is 61.4 Å². The Morgan fingerprint density at radius 2 is 1.68 bits per heavy atom. The quantitative estimate of drug-likeness (QED) is 0.411. The molecule has 3 aromatic rings. The zero-order chi connectivity index (χ0) is 24.6. The van der Waals surface area contributed by atoms with Crippen LogP contribution < -0.4 is 16.6 Å². The number of nitrogens with zero attached hydrogens (tertiary/aromatic N) is 2. The molecule has 2 heterocycles. The molecule has 1 amide bonds. The molecule has 1 atom stereocenters. The van der Waals surface area contributed by atoms with Gasteiger partial charge in [0.15, 0.2) is 4.90 Å². The van der Waals surface area contributed by atoms with Gasteiger partial charge >= 0.3 is 11.7 Å². The lowest BCUT2D eigenvalue weighted by molar-refractivity contribution is -0.146. The van der Waals surface area contributed by atoms with Crippen molar-refractivity contribution in [2.24, 2.45) is 7.05 Å². The first-order valence-electron chi connectivity index (χ1n) is 9.95. The van der Waals surface area contributed by atoms with E-state index in [2.05, 4.69) is 5.32 Å². The lowest BCUT2D eigenvalue weighted by atomic mass is 10.2. The van der Waals surface area contributed by atoms with Gasteiger partial charge in [0.25, 0.3) is 11.5 Å². The number of amides is 1. The first kappa shape index (κ1) is 23.1. The van der Waals surface area contributed by atoms with Crippen molar-refractivity contribution in [2.45, 2.75) is 23.3 Å². The van der Waals surface area contributed by atoms with Gasteiger partial charge < -0.3 is 10.1 Å². The Kier molecular flexibility index (Phi) is 5.92. The van der Waals surface area contributed by atoms with E-state index in [1.54, 1.807) is 30.3 Å². The number of hydrogen-bond donors (Lipinski definition) is 1. The average Bonchev–Trinajstić information content (AvgIpc) is 2.80. The highest BCUT2D eigenvalue weighted by Gasteiger charge is 2.49. The Morgan fingerprint density at radius 1 is 1.03 bits per heavy atom. The molecule has 0 bridgehead atoms. The van der Waals surface area contributed by atoms with E-state index in [9.17, 15) is 32.0 Å². The molecule has 2 aromatic carbocycles. The molecular formula is C22H18FN3O7S. The first-order valence-corrected chi connectivity index (χ1v) is 11.5. The normalized spacial score (nSPS) is 16.4. The van der Waals surface area contributed by atoms with Crippen molar-refractivity contribution in [3.8, 4) is 0 Å². The summed E-state index contributed by atoms with van der Waals surface area (Å²) in [7, 11) is -3.67. The van der Waals surface area contributed by atoms with Gasteiger partial charge in [0.2, 0.25) is 15.1 Å². The van der Waals surface area contributed by atoms with Crippen molar-refractivity contribution in [3.05, 3.63) is 92.4 Å². The zero-order valence-corrected chi connectivity index (χ0v) is 18.5. The first-order chi connectivity index (χ1) is 16.1. The Bertz CT molecular complexity index is 1510. The molecule has 1 aromatic heterocycles. The van der Waals surface area contributed by atoms with Crippen LogP contribution in [0.15, 0.2) is 69.1 Å². The third-order valence-electron chi connectivity index (χ3n) is 5.27. The molecule has 4 rings (SSSR count). The molecule has 0 saturated heterocycles. The number of carbonyl (C=O) groups excluding carboxylic acids is 2. The summed E-state index contributed by atoms with van der Waals surface area (Å²) in [6.45, 7) is -0.639. The van der Waals surface area contributed by atoms with Crippen LogP contribution in [0, 0.1) is 5.82 Å². The maximum atomic E-state index is 13.3. The van der Waals surface area contributed by atoms with Crippen LogP contribution in [0.2, 0.25) is 0 Å². The van der Waals surface area contributed by atoms with Gasteiger partial charge in [-0.15, -0.1) is 0 Å². The van der Waals surface area contributed by atoms with Gasteiger partial charge in [-0.1, -0.05) is 42.5 Å². The minimum Gasteiger partial charge on any atom is -0.459 e. The van der Waals surface area contributed by atoms with Crippen LogP contribution >= 0.6 is 0 Å². The van der Waals surface area contributed by atoms with E-state index in [4.69, 9.17) is 4.74 Å². The topological polar surface area (TPSA) is 134 Å². The van der Waals surface area contributed by atoms with Crippen LogP contribution in [0.5, 0.6) is 0 Å². The molecule has 0 aliphatic carbocycles. The summed E-state index contributed by atoms with van der Waals surface area (Å²) in [6.07, 6.45) is 0. The fourth-order valence-electron chi connectivity index (χ4n) is 3.53. The van der Waals surface area contributed by atoms with Crippen molar-refractivity contribution in [2.75, 3.05) is 5.32 Å². The second kappa shape index (κ2) is 8.71. The van der Waals surface area contributed by atoms with E-state index in [-0.39, 0.29) is 6.54 Å². The highest BCUT2D eigenvalue weighted by atomic mass is 32.2. The average molecular weight is 487 g/mol. The zero-order valence-electron chi connectivity index (χ0n) is 17.7. The van der Waals surface area contributed by atoms with E-state index >= 15 is 0 Å². The Balaban J connectivity index is 1.73. The lowest BCUT2D eigenvalue weighted by Gasteiger charge is -2.25. The molecule has 1 aliphatic heterocycles. The summed E-state index contributed by atoms with van der Waals surface area (Å²) in [5, 5.41) is -0.177. The number of halogens is 1. The molecule has 1 N–H and O–H groups in total. The summed E-state index contributed by atoms with van der Waals surface area (Å²) >= 11 is 0. The third-order valence-corrected chi connectivity index (χ3v) is 7.24. The molecule has 1 unspecified atom stereocenters. The fourth-order valence-corrected chi connectivity index (χ4v) is 5.24. The second-order valence-electron chi connectivity index (χ2n) is 7.54. The largest absolute Gasteiger partial charge is 0.459 e. The van der Waals surface area contributed by atoms with Crippen LogP contribution in [-0.2, 0) is 44.4 Å². The van der Waals surface area contributed by atoms with E-state index in [1.807, 2.05) is 0 Å². The molecule has 0 saturated carbocycles. The van der Waals surface area contributed by atoms with E-state index in [0.29, 0.717) is 15.7 Å². The SMILES string of the molecule is Cn1c2c(c(=O)n(Cc3ccccc3)c1=O)S(=O)(=O)C(C(=O)OCc1ccc(F)cc1)C(=O)N2. The van der Waals surface area contributed by atoms with Crippen LogP contribution in [0.25, 0.3) is 0 Å². The monoisotopic (exact) mass is 487 g/mol. The summed E-state index contributed by atoms with van der Waals surface area (Å²) in [5.41, 5.74) is -1.09. The molecule has 1 aliphatic rings. The second-order valence-corrected chi connectivity index (χ2v) is 9.51. The number of benzene rings is 2. The molecule has 176 valence electrons. The van der Waals surface area contributed by atoms with Crippen LogP contribution in [0.4, 0.5) is 10.2 Å². The predicted octanol–water partition coefficient (Wildman–Crippen LogP) is 0.572. The molecule has 0 radical (unpaired) electrons. The number of ether oxygens (including phenoxy) is 1. The van der Waals surface area contributed by atoms with Gasteiger partial charge in [0.05, 0.1) is 6.54 Å². The van der Waals surface area contributed by atoms with Crippen LogP contribution in [0.1, 0.15) is 11.1 Å². The molecule has 34 heavy (non-hydrogen) atoms. The molecule has 10 nitrogen and oxygen atoms in total. The van der Waals surface area contributed by atoms with E-state index in [1.165, 1.54) is 19.2 Å². The summed E-state index contributed by atoms with van der Waals surface area (Å²) in [6, 6.07) is 13.3. The van der Waals surface area contributed by atoms with Crippen LogP contribution in [-0.4, -0.2) is 34.7 Å². The molecule has 0 spiro atoms. The number of hydrogen-bond acceptors (Lipinski definition) is 7. The predicted molar refractivity (Wildman–Crippen MR) is 117 cm³/mol. The maximum Gasteiger partial charge on any atom is 0.334 e. The number of fused-ring (bicyclic) bond motifs is 1. The number of anilines is 1. The minimum atomic E-state index is -4.87. The number of carbonyl (C=O) groups is 2. The number of esters is 1. The van der Waals surface area contributed by atoms with Crippen molar-refractivity contribution in [1.29, 1.82) is 0 Å². The van der Waals surface area contributed by atoms with Gasteiger partial charge in [-0.05, 0) is 23.3 Å². The van der Waals surface area contributed by atoms with Gasteiger partial charge in [-0.25, -0.2) is 17.6 Å². The van der Waals surface area contributed by atoms with Crippen molar-refractivity contribution in [1.82, 2.24) is 9.13 Å². The van der Waals surface area contributed by atoms with E-state index in [0.717, 1.165) is 16.7 Å². The third kappa shape index (κ3) is 4.03. The standard InChI is InChI=1S/C22H18FN3O7S/c1-25-18-16(20(28)26(22(25)30)11-13-5-3-2-4-6-13)34(31,32)17(19(27)24-18)21(29)33-12-14-7-9-15(23)10-8-14/h2-10,17H,11-12H2,1H3,(H,24,27). The van der Waals surface area contributed by atoms with Gasteiger partial charge in [-0.2, -0.15) is 0 Å². The highest BCUT2D eigenvalue weighted by molar-refractivity contribution is 7.93. The highest BCUT2D eigenvalue weighted by Crippen LogP contribution is 2.27. The van der Waals surface area contributed by atoms with Gasteiger partial charge in [0.1, 0.15) is 18.2 Å². The Labute approximate surface area is 192 Å². The van der Waals surface area contributed by atoms with Crippen molar-refractivity contribution in [3.63, 3.8) is 0 Å². The smallest absolute Gasteiger partial charge is 0.334 e.